The molecule has 2 aromatic carbocycles. The molecule has 2 aromatic rings. The summed E-state index contributed by atoms with van der Waals surface area (Å²) in [5.74, 6) is 4.44. The van der Waals surface area contributed by atoms with E-state index in [0.29, 0.717) is 46.5 Å². The summed E-state index contributed by atoms with van der Waals surface area (Å²) in [6, 6.07) is 8.66. The zero-order valence-corrected chi connectivity index (χ0v) is 16.9. The molecular weight excluding hydrogens is 372 g/mol. The summed E-state index contributed by atoms with van der Waals surface area (Å²) in [5.41, 5.74) is 1.90. The van der Waals surface area contributed by atoms with Gasteiger partial charge in [-0.25, -0.2) is 0 Å². The standard InChI is InChI=1S/C22H24N2O5/c1-6-11-23-18-12-15(7-9-19(18)27-3)24-22(25)10-8-17-20(28-4)13-16(26-2)14-21(17)29-5/h1,7-10,12-14,23H,11H2,2-5H3,(H,24,25). The van der Waals surface area contributed by atoms with Crippen LogP contribution in [0, 0.1) is 12.3 Å². The van der Waals surface area contributed by atoms with E-state index < -0.39 is 0 Å². The van der Waals surface area contributed by atoms with Crippen LogP contribution >= 0.6 is 0 Å². The number of benzene rings is 2. The number of ether oxygens (including phenoxy) is 4. The van der Waals surface area contributed by atoms with Gasteiger partial charge < -0.3 is 29.6 Å². The van der Waals surface area contributed by atoms with E-state index in [1.165, 1.54) is 20.3 Å². The molecule has 0 aliphatic rings. The molecule has 0 bridgehead atoms. The molecule has 0 aliphatic carbocycles. The second kappa shape index (κ2) is 10.5. The predicted octanol–water partition coefficient (Wildman–Crippen LogP) is 3.42. The first kappa shape index (κ1) is 21.5. The van der Waals surface area contributed by atoms with Gasteiger partial charge in [0.05, 0.1) is 46.2 Å². The van der Waals surface area contributed by atoms with Gasteiger partial charge in [-0.15, -0.1) is 6.42 Å². The van der Waals surface area contributed by atoms with Gasteiger partial charge in [-0.2, -0.15) is 0 Å². The van der Waals surface area contributed by atoms with Gasteiger partial charge in [0.1, 0.15) is 23.0 Å². The number of nitrogens with one attached hydrogen (secondary N) is 2. The third-order valence-electron chi connectivity index (χ3n) is 4.00. The van der Waals surface area contributed by atoms with E-state index in [1.54, 1.807) is 50.6 Å². The maximum atomic E-state index is 12.4. The Morgan fingerprint density at radius 1 is 1.00 bits per heavy atom. The Hall–Kier alpha value is -3.79. The van der Waals surface area contributed by atoms with Crippen molar-refractivity contribution >= 4 is 23.4 Å². The van der Waals surface area contributed by atoms with E-state index >= 15 is 0 Å². The van der Waals surface area contributed by atoms with Crippen LogP contribution < -0.4 is 29.6 Å². The lowest BCUT2D eigenvalue weighted by Crippen LogP contribution is -2.09. The number of hydrogen-bond acceptors (Lipinski definition) is 6. The van der Waals surface area contributed by atoms with Gasteiger partial charge in [0.15, 0.2) is 0 Å². The Morgan fingerprint density at radius 2 is 1.66 bits per heavy atom. The van der Waals surface area contributed by atoms with Crippen LogP contribution in [-0.2, 0) is 4.79 Å². The smallest absolute Gasteiger partial charge is 0.248 e. The topological polar surface area (TPSA) is 78.1 Å². The van der Waals surface area contributed by atoms with Gasteiger partial charge >= 0.3 is 0 Å². The van der Waals surface area contributed by atoms with Crippen LogP contribution in [0.25, 0.3) is 6.08 Å². The quantitative estimate of drug-likeness (QED) is 0.500. The lowest BCUT2D eigenvalue weighted by atomic mass is 10.1. The Kier molecular flexibility index (Phi) is 7.80. The van der Waals surface area contributed by atoms with Crippen LogP contribution in [0.3, 0.4) is 0 Å². The van der Waals surface area contributed by atoms with Crippen LogP contribution in [0.4, 0.5) is 11.4 Å². The van der Waals surface area contributed by atoms with Crippen molar-refractivity contribution in [2.45, 2.75) is 0 Å². The monoisotopic (exact) mass is 396 g/mol. The van der Waals surface area contributed by atoms with Gasteiger partial charge in [0.2, 0.25) is 5.91 Å². The summed E-state index contributed by atoms with van der Waals surface area (Å²) in [5, 5.41) is 5.85. The van der Waals surface area contributed by atoms with Gasteiger partial charge in [-0.1, -0.05) is 5.92 Å². The summed E-state index contributed by atoms with van der Waals surface area (Å²) in [6.45, 7) is 0.338. The van der Waals surface area contributed by atoms with Gasteiger partial charge in [0, 0.05) is 23.9 Å². The van der Waals surface area contributed by atoms with E-state index in [-0.39, 0.29) is 5.91 Å². The van der Waals surface area contributed by atoms with Crippen molar-refractivity contribution in [1.29, 1.82) is 0 Å². The fourth-order valence-corrected chi connectivity index (χ4v) is 2.61. The maximum absolute atomic E-state index is 12.4. The van der Waals surface area contributed by atoms with Crippen molar-refractivity contribution in [3.63, 3.8) is 0 Å². The van der Waals surface area contributed by atoms with Crippen LogP contribution in [0.1, 0.15) is 5.56 Å². The molecule has 7 nitrogen and oxygen atoms in total. The maximum Gasteiger partial charge on any atom is 0.248 e. The first-order valence-corrected chi connectivity index (χ1v) is 8.70. The fourth-order valence-electron chi connectivity index (χ4n) is 2.61. The highest BCUT2D eigenvalue weighted by atomic mass is 16.5. The average Bonchev–Trinajstić information content (AvgIpc) is 2.75. The average molecular weight is 396 g/mol. The summed E-state index contributed by atoms with van der Waals surface area (Å²) in [6.07, 6.45) is 8.30. The number of carbonyl (C=O) groups excluding carboxylic acids is 1. The molecule has 0 aliphatic heterocycles. The molecule has 1 amide bonds. The molecule has 0 heterocycles. The lowest BCUT2D eigenvalue weighted by molar-refractivity contribution is -0.111. The molecule has 0 aromatic heterocycles. The number of carbonyl (C=O) groups is 1. The highest BCUT2D eigenvalue weighted by molar-refractivity contribution is 6.02. The highest BCUT2D eigenvalue weighted by Gasteiger charge is 2.11. The molecule has 152 valence electrons. The van der Waals surface area contributed by atoms with Crippen LogP contribution in [0.5, 0.6) is 23.0 Å². The molecule has 0 saturated carbocycles. The first-order valence-electron chi connectivity index (χ1n) is 8.70. The molecule has 0 spiro atoms. The molecular formula is C22H24N2O5. The molecule has 29 heavy (non-hydrogen) atoms. The molecule has 0 radical (unpaired) electrons. The van der Waals surface area contributed by atoms with Crippen LogP contribution in [-0.4, -0.2) is 40.9 Å². The molecule has 2 rings (SSSR count). The Balaban J connectivity index is 2.21. The minimum atomic E-state index is -0.321. The summed E-state index contributed by atoms with van der Waals surface area (Å²) >= 11 is 0. The van der Waals surface area contributed by atoms with E-state index in [4.69, 9.17) is 25.4 Å². The van der Waals surface area contributed by atoms with E-state index in [2.05, 4.69) is 16.6 Å². The van der Waals surface area contributed by atoms with Crippen molar-refractivity contribution in [3.05, 3.63) is 42.0 Å². The molecule has 0 fully saturated rings. The molecule has 0 saturated heterocycles. The van der Waals surface area contributed by atoms with E-state index in [1.807, 2.05) is 0 Å². The van der Waals surface area contributed by atoms with Crippen LogP contribution in [0.2, 0.25) is 0 Å². The molecule has 0 atom stereocenters. The van der Waals surface area contributed by atoms with Gasteiger partial charge in [-0.05, 0) is 24.3 Å². The minimum Gasteiger partial charge on any atom is -0.496 e. The molecule has 2 N–H and O–H groups in total. The van der Waals surface area contributed by atoms with Gasteiger partial charge in [0.25, 0.3) is 0 Å². The van der Waals surface area contributed by atoms with Gasteiger partial charge in [-0.3, -0.25) is 4.79 Å². The Bertz CT molecular complexity index is 906. The van der Waals surface area contributed by atoms with Crippen molar-refractivity contribution in [2.75, 3.05) is 45.6 Å². The number of amides is 1. The predicted molar refractivity (Wildman–Crippen MR) is 114 cm³/mol. The van der Waals surface area contributed by atoms with E-state index in [9.17, 15) is 4.79 Å². The Labute approximate surface area is 170 Å². The van der Waals surface area contributed by atoms with Crippen molar-refractivity contribution in [3.8, 4) is 35.3 Å². The number of terminal acetylenes is 1. The second-order valence-electron chi connectivity index (χ2n) is 5.74. The normalized spacial score (nSPS) is 10.2. The highest BCUT2D eigenvalue weighted by Crippen LogP contribution is 2.35. The molecule has 7 heteroatoms. The number of hydrogen-bond donors (Lipinski definition) is 2. The largest absolute Gasteiger partial charge is 0.496 e. The summed E-state index contributed by atoms with van der Waals surface area (Å²) < 4.78 is 21.3. The first-order chi connectivity index (χ1) is 14.1. The van der Waals surface area contributed by atoms with Crippen molar-refractivity contribution in [2.24, 2.45) is 0 Å². The van der Waals surface area contributed by atoms with Crippen molar-refractivity contribution < 1.29 is 23.7 Å². The second-order valence-corrected chi connectivity index (χ2v) is 5.74. The SMILES string of the molecule is C#CCNc1cc(NC(=O)C=Cc2c(OC)cc(OC)cc2OC)ccc1OC. The van der Waals surface area contributed by atoms with Crippen LogP contribution in [0.15, 0.2) is 36.4 Å². The number of methoxy groups -OCH3 is 4. The Morgan fingerprint density at radius 3 is 2.21 bits per heavy atom. The summed E-state index contributed by atoms with van der Waals surface area (Å²) in [7, 11) is 6.19. The zero-order valence-electron chi connectivity index (χ0n) is 16.9. The third-order valence-corrected chi connectivity index (χ3v) is 4.00. The summed E-state index contributed by atoms with van der Waals surface area (Å²) in [4.78, 5) is 12.4. The molecule has 0 unspecified atom stereocenters. The zero-order chi connectivity index (χ0) is 21.2. The fraction of sp³-hybridized carbons (Fsp3) is 0.227. The third kappa shape index (κ3) is 5.59. The number of rotatable bonds is 9. The van der Waals surface area contributed by atoms with Crippen molar-refractivity contribution in [1.82, 2.24) is 0 Å². The minimum absolute atomic E-state index is 0.321. The lowest BCUT2D eigenvalue weighted by Gasteiger charge is -2.13. The number of anilines is 2. The van der Waals surface area contributed by atoms with E-state index in [0.717, 1.165) is 0 Å².